The fourth-order valence-corrected chi connectivity index (χ4v) is 8.57. The number of hydrogen-bond donors (Lipinski definition) is 0. The number of furan rings is 1. The van der Waals surface area contributed by atoms with Crippen LogP contribution in [0.4, 0.5) is 0 Å². The van der Waals surface area contributed by atoms with Crippen LogP contribution in [-0.4, -0.2) is 9.13 Å². The normalized spacial score (nSPS) is 11.6. The number of rotatable bonds is 4. The first-order valence-corrected chi connectivity index (χ1v) is 18.2. The minimum absolute atomic E-state index is 0.457. The van der Waals surface area contributed by atoms with Gasteiger partial charge in [-0.25, -0.2) is 0 Å². The van der Waals surface area contributed by atoms with E-state index in [0.717, 1.165) is 87.8 Å². The van der Waals surface area contributed by atoms with Gasteiger partial charge in [0.15, 0.2) is 0 Å². The number of fused-ring (bicyclic) bond motifs is 10. The van der Waals surface area contributed by atoms with Crippen molar-refractivity contribution in [2.75, 3.05) is 0 Å². The summed E-state index contributed by atoms with van der Waals surface area (Å²) >= 11 is 0. The van der Waals surface area contributed by atoms with Gasteiger partial charge in [0.1, 0.15) is 23.3 Å². The molecule has 0 atom stereocenters. The minimum atomic E-state index is 0.457. The first-order valence-electron chi connectivity index (χ1n) is 18.2. The van der Waals surface area contributed by atoms with E-state index in [4.69, 9.17) is 4.42 Å². The van der Waals surface area contributed by atoms with Crippen molar-refractivity contribution in [2.24, 2.45) is 0 Å². The van der Waals surface area contributed by atoms with Crippen LogP contribution in [0.3, 0.4) is 0 Å². The van der Waals surface area contributed by atoms with Gasteiger partial charge in [-0.2, -0.15) is 10.5 Å². The molecule has 0 aliphatic carbocycles. The van der Waals surface area contributed by atoms with Crippen molar-refractivity contribution < 1.29 is 4.42 Å². The average molecular weight is 701 g/mol. The van der Waals surface area contributed by atoms with Crippen LogP contribution in [0.2, 0.25) is 0 Å². The third-order valence-electron chi connectivity index (χ3n) is 11.0. The molecule has 11 rings (SSSR count). The highest BCUT2D eigenvalue weighted by atomic mass is 16.3. The van der Waals surface area contributed by atoms with Crippen molar-refractivity contribution in [3.8, 4) is 45.8 Å². The summed E-state index contributed by atoms with van der Waals surface area (Å²) in [5, 5.41) is 28.0. The Balaban J connectivity index is 1.29. The summed E-state index contributed by atoms with van der Waals surface area (Å²) in [6.45, 7) is 0. The van der Waals surface area contributed by atoms with Gasteiger partial charge in [-0.15, -0.1) is 0 Å². The van der Waals surface area contributed by atoms with E-state index >= 15 is 0 Å². The van der Waals surface area contributed by atoms with Crippen LogP contribution >= 0.6 is 0 Å². The number of benzene rings is 8. The monoisotopic (exact) mass is 700 g/mol. The SMILES string of the molecule is N#Cc1ccc(C#N)c(-n2c3ccccc3c3c4oc5ccccc5c4ccc32)c1-n1c2ccc(-c3ccccc3)cc2c2cc(-c3ccccc3)ccc21. The predicted molar refractivity (Wildman–Crippen MR) is 223 cm³/mol. The van der Waals surface area contributed by atoms with Crippen molar-refractivity contribution in [3.05, 3.63) is 181 Å². The largest absolute Gasteiger partial charge is 0.455 e. The Bertz CT molecular complexity index is 3350. The maximum Gasteiger partial charge on any atom is 0.145 e. The number of para-hydroxylation sites is 2. The van der Waals surface area contributed by atoms with Crippen molar-refractivity contribution in [3.63, 3.8) is 0 Å². The summed E-state index contributed by atoms with van der Waals surface area (Å²) in [4.78, 5) is 0. The lowest BCUT2D eigenvalue weighted by molar-refractivity contribution is 0.673. The van der Waals surface area contributed by atoms with Crippen molar-refractivity contribution in [1.82, 2.24) is 9.13 Å². The molecule has 3 heterocycles. The number of nitriles is 2. The molecule has 0 unspecified atom stereocenters. The Morgan fingerprint density at radius 1 is 0.382 bits per heavy atom. The molecule has 0 aliphatic rings. The Morgan fingerprint density at radius 3 is 1.47 bits per heavy atom. The minimum Gasteiger partial charge on any atom is -0.455 e. The fourth-order valence-electron chi connectivity index (χ4n) is 8.57. The van der Waals surface area contributed by atoms with Gasteiger partial charge in [0.05, 0.1) is 50.0 Å². The second-order valence-corrected chi connectivity index (χ2v) is 13.9. The van der Waals surface area contributed by atoms with E-state index in [0.29, 0.717) is 22.5 Å². The molecule has 0 fully saturated rings. The molecule has 254 valence electrons. The Kier molecular flexibility index (Phi) is 6.61. The molecule has 0 amide bonds. The van der Waals surface area contributed by atoms with Crippen molar-refractivity contribution >= 4 is 65.6 Å². The summed E-state index contributed by atoms with van der Waals surface area (Å²) in [6.07, 6.45) is 0. The van der Waals surface area contributed by atoms with Gasteiger partial charge >= 0.3 is 0 Å². The third-order valence-corrected chi connectivity index (χ3v) is 11.0. The summed E-state index contributed by atoms with van der Waals surface area (Å²) < 4.78 is 10.9. The summed E-state index contributed by atoms with van der Waals surface area (Å²) in [7, 11) is 0. The number of aromatic nitrogens is 2. The molecule has 0 saturated carbocycles. The molecule has 8 aromatic carbocycles. The molecule has 5 heteroatoms. The van der Waals surface area contributed by atoms with Gasteiger partial charge in [-0.05, 0) is 82.9 Å². The Morgan fingerprint density at radius 2 is 0.873 bits per heavy atom. The Labute approximate surface area is 315 Å². The molecule has 55 heavy (non-hydrogen) atoms. The van der Waals surface area contributed by atoms with Gasteiger partial charge in [-0.1, -0.05) is 109 Å². The standard InChI is InChI=1S/C50H28N4O/c51-29-35-19-20-36(30-52)49(54-42-17-9-7-16-39(42)47-45(54)26-23-38-37-15-8-10-18-46(37)55-50(38)47)48(35)53-43-24-21-33(31-11-3-1-4-12-31)27-40(43)41-28-34(22-25-44(41)53)32-13-5-2-6-14-32/h1-28H. The molecule has 0 spiro atoms. The summed E-state index contributed by atoms with van der Waals surface area (Å²) in [5.74, 6) is 0. The second-order valence-electron chi connectivity index (χ2n) is 13.9. The Hall–Kier alpha value is -7.86. The highest BCUT2D eigenvalue weighted by Gasteiger charge is 2.26. The predicted octanol–water partition coefficient (Wildman–Crippen LogP) is 12.9. The second kappa shape index (κ2) is 11.8. The lowest BCUT2D eigenvalue weighted by Gasteiger charge is -2.19. The van der Waals surface area contributed by atoms with Crippen LogP contribution in [0.25, 0.3) is 99.2 Å². The molecular formula is C50H28N4O. The van der Waals surface area contributed by atoms with Crippen LogP contribution in [0.15, 0.2) is 174 Å². The highest BCUT2D eigenvalue weighted by Crippen LogP contribution is 2.45. The van der Waals surface area contributed by atoms with E-state index in [-0.39, 0.29) is 0 Å². The van der Waals surface area contributed by atoms with E-state index in [2.05, 4.69) is 137 Å². The molecule has 0 N–H and O–H groups in total. The van der Waals surface area contributed by atoms with Crippen molar-refractivity contribution in [1.29, 1.82) is 10.5 Å². The van der Waals surface area contributed by atoms with Gasteiger partial charge < -0.3 is 13.6 Å². The number of nitrogens with zero attached hydrogens (tertiary/aromatic N) is 4. The zero-order valence-electron chi connectivity index (χ0n) is 29.4. The zero-order chi connectivity index (χ0) is 36.6. The van der Waals surface area contributed by atoms with E-state index in [1.807, 2.05) is 42.5 Å². The van der Waals surface area contributed by atoms with Crippen molar-refractivity contribution in [2.45, 2.75) is 0 Å². The lowest BCUT2D eigenvalue weighted by Crippen LogP contribution is -2.08. The molecule has 5 nitrogen and oxygen atoms in total. The topological polar surface area (TPSA) is 70.6 Å². The van der Waals surface area contributed by atoms with E-state index < -0.39 is 0 Å². The van der Waals surface area contributed by atoms with Crippen LogP contribution in [-0.2, 0) is 0 Å². The van der Waals surface area contributed by atoms with Gasteiger partial charge in [0.25, 0.3) is 0 Å². The zero-order valence-corrected chi connectivity index (χ0v) is 29.4. The van der Waals surface area contributed by atoms with Crippen LogP contribution < -0.4 is 0 Å². The third kappa shape index (κ3) is 4.45. The molecule has 0 bridgehead atoms. The quantitative estimate of drug-likeness (QED) is 0.183. The van der Waals surface area contributed by atoms with E-state index in [1.165, 1.54) is 0 Å². The van der Waals surface area contributed by atoms with Crippen LogP contribution in [0, 0.1) is 22.7 Å². The van der Waals surface area contributed by atoms with Crippen LogP contribution in [0.5, 0.6) is 0 Å². The molecule has 3 aromatic heterocycles. The van der Waals surface area contributed by atoms with Gasteiger partial charge in [0.2, 0.25) is 0 Å². The maximum atomic E-state index is 10.9. The first kappa shape index (κ1) is 30.7. The summed E-state index contributed by atoms with van der Waals surface area (Å²) in [6, 6.07) is 63.0. The maximum absolute atomic E-state index is 10.9. The first-order chi connectivity index (χ1) is 27.2. The molecule has 0 aliphatic heterocycles. The molecule has 11 aromatic rings. The van der Waals surface area contributed by atoms with Gasteiger partial charge in [-0.3, -0.25) is 0 Å². The number of hydrogen-bond acceptors (Lipinski definition) is 3. The van der Waals surface area contributed by atoms with E-state index in [9.17, 15) is 10.5 Å². The fraction of sp³-hybridized carbons (Fsp3) is 0. The highest BCUT2D eigenvalue weighted by molar-refractivity contribution is 6.24. The average Bonchev–Trinajstić information content (AvgIpc) is 3.90. The summed E-state index contributed by atoms with van der Waals surface area (Å²) in [5.41, 5.74) is 11.9. The van der Waals surface area contributed by atoms with Gasteiger partial charge in [0, 0.05) is 26.9 Å². The molecule has 0 saturated heterocycles. The van der Waals surface area contributed by atoms with E-state index in [1.54, 1.807) is 12.1 Å². The molecule has 0 radical (unpaired) electrons. The smallest absolute Gasteiger partial charge is 0.145 e. The molecular weight excluding hydrogens is 673 g/mol. The van der Waals surface area contributed by atoms with Crippen LogP contribution in [0.1, 0.15) is 11.1 Å². The lowest BCUT2D eigenvalue weighted by atomic mass is 10.0.